The Kier molecular flexibility index (Phi) is 5.00. The summed E-state index contributed by atoms with van der Waals surface area (Å²) in [6.07, 6.45) is 0.859. The third-order valence-corrected chi connectivity index (χ3v) is 2.11. The van der Waals surface area contributed by atoms with Gasteiger partial charge in [0.1, 0.15) is 5.75 Å². The van der Waals surface area contributed by atoms with Crippen LogP contribution in [-0.2, 0) is 4.79 Å². The van der Waals surface area contributed by atoms with E-state index in [1.54, 1.807) is 0 Å². The van der Waals surface area contributed by atoms with Crippen LogP contribution in [0.5, 0.6) is 5.75 Å². The summed E-state index contributed by atoms with van der Waals surface area (Å²) in [6.45, 7) is 2.52. The molecular formula is C12H16N2O3. The van der Waals surface area contributed by atoms with E-state index in [2.05, 4.69) is 10.6 Å². The lowest BCUT2D eigenvalue weighted by Gasteiger charge is -2.06. The van der Waals surface area contributed by atoms with Crippen molar-refractivity contribution >= 4 is 11.8 Å². The van der Waals surface area contributed by atoms with Gasteiger partial charge >= 0.3 is 0 Å². The highest BCUT2D eigenvalue weighted by Gasteiger charge is 2.07. The molecule has 0 saturated heterocycles. The minimum Gasteiger partial charge on any atom is -0.508 e. The largest absolute Gasteiger partial charge is 0.508 e. The Bertz CT molecular complexity index is 387. The maximum Gasteiger partial charge on any atom is 0.251 e. The Balaban J connectivity index is 2.39. The Morgan fingerprint density at radius 3 is 2.41 bits per heavy atom. The second-order valence-electron chi connectivity index (χ2n) is 3.58. The number of rotatable bonds is 5. The average molecular weight is 236 g/mol. The fourth-order valence-corrected chi connectivity index (χ4v) is 1.20. The van der Waals surface area contributed by atoms with Crippen LogP contribution in [0.3, 0.4) is 0 Å². The molecule has 5 heteroatoms. The van der Waals surface area contributed by atoms with Crippen molar-refractivity contribution in [3.8, 4) is 5.75 Å². The van der Waals surface area contributed by atoms with Gasteiger partial charge in [0.2, 0.25) is 5.91 Å². The number of hydrogen-bond donors (Lipinski definition) is 3. The van der Waals surface area contributed by atoms with Crippen molar-refractivity contribution in [3.05, 3.63) is 29.8 Å². The lowest BCUT2D eigenvalue weighted by molar-refractivity contribution is -0.120. The van der Waals surface area contributed by atoms with Crippen LogP contribution in [0.1, 0.15) is 23.7 Å². The monoisotopic (exact) mass is 236 g/mol. The van der Waals surface area contributed by atoms with E-state index in [1.807, 2.05) is 6.92 Å². The standard InChI is InChI=1S/C12H16N2O3/c1-2-7-13-11(16)8-14-12(17)9-3-5-10(15)6-4-9/h3-6,15H,2,7-8H2,1H3,(H,13,16)(H,14,17). The summed E-state index contributed by atoms with van der Waals surface area (Å²) in [5, 5.41) is 14.2. The first kappa shape index (κ1) is 13.0. The summed E-state index contributed by atoms with van der Waals surface area (Å²) in [7, 11) is 0. The minimum absolute atomic E-state index is 0.0420. The van der Waals surface area contributed by atoms with Gasteiger partial charge in [-0.15, -0.1) is 0 Å². The van der Waals surface area contributed by atoms with Gasteiger partial charge in [-0.3, -0.25) is 9.59 Å². The van der Waals surface area contributed by atoms with Crippen molar-refractivity contribution < 1.29 is 14.7 Å². The van der Waals surface area contributed by atoms with Crippen LogP contribution >= 0.6 is 0 Å². The van der Waals surface area contributed by atoms with Gasteiger partial charge in [0.05, 0.1) is 6.54 Å². The Morgan fingerprint density at radius 1 is 1.18 bits per heavy atom. The van der Waals surface area contributed by atoms with Crippen LogP contribution in [0.25, 0.3) is 0 Å². The molecule has 0 fully saturated rings. The first-order valence-corrected chi connectivity index (χ1v) is 5.47. The molecule has 1 aromatic carbocycles. The predicted octanol–water partition coefficient (Wildman–Crippen LogP) is 0.648. The fraction of sp³-hybridized carbons (Fsp3) is 0.333. The van der Waals surface area contributed by atoms with Gasteiger partial charge in [-0.2, -0.15) is 0 Å². The summed E-state index contributed by atoms with van der Waals surface area (Å²) in [5.41, 5.74) is 0.408. The van der Waals surface area contributed by atoms with Crippen LogP contribution in [0, 0.1) is 0 Å². The van der Waals surface area contributed by atoms with Gasteiger partial charge in [0.15, 0.2) is 0 Å². The third kappa shape index (κ3) is 4.55. The molecule has 0 atom stereocenters. The third-order valence-electron chi connectivity index (χ3n) is 2.11. The molecule has 92 valence electrons. The Hall–Kier alpha value is -2.04. The number of carbonyl (C=O) groups excluding carboxylic acids is 2. The van der Waals surface area contributed by atoms with E-state index in [0.29, 0.717) is 12.1 Å². The van der Waals surface area contributed by atoms with Crippen molar-refractivity contribution in [2.45, 2.75) is 13.3 Å². The van der Waals surface area contributed by atoms with Crippen molar-refractivity contribution in [2.75, 3.05) is 13.1 Å². The predicted molar refractivity (Wildman–Crippen MR) is 63.7 cm³/mol. The zero-order chi connectivity index (χ0) is 12.7. The highest BCUT2D eigenvalue weighted by atomic mass is 16.3. The summed E-state index contributed by atoms with van der Waals surface area (Å²) < 4.78 is 0. The normalized spacial score (nSPS) is 9.71. The summed E-state index contributed by atoms with van der Waals surface area (Å²) in [5.74, 6) is -0.446. The zero-order valence-electron chi connectivity index (χ0n) is 9.69. The van der Waals surface area contributed by atoms with E-state index in [4.69, 9.17) is 5.11 Å². The maximum atomic E-state index is 11.6. The molecule has 0 spiro atoms. The lowest BCUT2D eigenvalue weighted by atomic mass is 10.2. The molecule has 3 N–H and O–H groups in total. The van der Waals surface area contributed by atoms with E-state index < -0.39 is 0 Å². The van der Waals surface area contributed by atoms with Gasteiger partial charge in [-0.05, 0) is 30.7 Å². The maximum absolute atomic E-state index is 11.6. The highest BCUT2D eigenvalue weighted by Crippen LogP contribution is 2.09. The number of nitrogens with one attached hydrogen (secondary N) is 2. The SMILES string of the molecule is CCCNC(=O)CNC(=O)c1ccc(O)cc1. The van der Waals surface area contributed by atoms with Crippen LogP contribution in [0.4, 0.5) is 0 Å². The number of benzene rings is 1. The molecule has 0 heterocycles. The molecule has 0 radical (unpaired) electrons. The molecule has 17 heavy (non-hydrogen) atoms. The molecule has 0 unspecified atom stereocenters. The molecule has 2 amide bonds. The number of phenols is 1. The molecule has 0 saturated carbocycles. The second-order valence-corrected chi connectivity index (χ2v) is 3.58. The van der Waals surface area contributed by atoms with E-state index in [9.17, 15) is 9.59 Å². The van der Waals surface area contributed by atoms with E-state index in [1.165, 1.54) is 24.3 Å². The Morgan fingerprint density at radius 2 is 1.82 bits per heavy atom. The first-order valence-electron chi connectivity index (χ1n) is 5.47. The van der Waals surface area contributed by atoms with Gasteiger partial charge in [-0.25, -0.2) is 0 Å². The van der Waals surface area contributed by atoms with E-state index in [-0.39, 0.29) is 24.1 Å². The van der Waals surface area contributed by atoms with Gasteiger partial charge in [0, 0.05) is 12.1 Å². The molecule has 5 nitrogen and oxygen atoms in total. The van der Waals surface area contributed by atoms with E-state index >= 15 is 0 Å². The number of phenolic OH excluding ortho intramolecular Hbond substituents is 1. The van der Waals surface area contributed by atoms with Crippen LogP contribution in [0.15, 0.2) is 24.3 Å². The minimum atomic E-state index is -0.336. The molecule has 0 aliphatic rings. The molecule has 0 bridgehead atoms. The van der Waals surface area contributed by atoms with Gasteiger partial charge in [0.25, 0.3) is 5.91 Å². The fourth-order valence-electron chi connectivity index (χ4n) is 1.20. The topological polar surface area (TPSA) is 78.4 Å². The van der Waals surface area contributed by atoms with Crippen molar-refractivity contribution in [2.24, 2.45) is 0 Å². The number of aromatic hydroxyl groups is 1. The molecule has 1 rings (SSSR count). The van der Waals surface area contributed by atoms with Crippen LogP contribution < -0.4 is 10.6 Å². The number of amides is 2. The molecule has 0 aliphatic carbocycles. The highest BCUT2D eigenvalue weighted by molar-refractivity contribution is 5.96. The smallest absolute Gasteiger partial charge is 0.251 e. The summed E-state index contributed by atoms with van der Waals surface area (Å²) >= 11 is 0. The van der Waals surface area contributed by atoms with Crippen LogP contribution in [0.2, 0.25) is 0 Å². The first-order chi connectivity index (χ1) is 8.13. The molecule has 1 aromatic rings. The summed E-state index contributed by atoms with van der Waals surface area (Å²) in [4.78, 5) is 22.8. The number of carbonyl (C=O) groups is 2. The second kappa shape index (κ2) is 6.52. The molecule has 0 aromatic heterocycles. The van der Waals surface area contributed by atoms with Crippen LogP contribution in [-0.4, -0.2) is 30.0 Å². The van der Waals surface area contributed by atoms with E-state index in [0.717, 1.165) is 6.42 Å². The molecule has 0 aliphatic heterocycles. The van der Waals surface area contributed by atoms with Gasteiger partial charge < -0.3 is 15.7 Å². The number of hydrogen-bond acceptors (Lipinski definition) is 3. The summed E-state index contributed by atoms with van der Waals surface area (Å²) in [6, 6.07) is 5.83. The van der Waals surface area contributed by atoms with Gasteiger partial charge in [-0.1, -0.05) is 6.92 Å². The van der Waals surface area contributed by atoms with Crippen molar-refractivity contribution in [1.82, 2.24) is 10.6 Å². The quantitative estimate of drug-likeness (QED) is 0.702. The average Bonchev–Trinajstić information content (AvgIpc) is 2.34. The lowest BCUT2D eigenvalue weighted by Crippen LogP contribution is -2.37. The Labute approximate surface area is 99.8 Å². The molecular weight excluding hydrogens is 220 g/mol. The van der Waals surface area contributed by atoms with Crippen molar-refractivity contribution in [3.63, 3.8) is 0 Å². The zero-order valence-corrected chi connectivity index (χ0v) is 9.69. The van der Waals surface area contributed by atoms with Crippen molar-refractivity contribution in [1.29, 1.82) is 0 Å².